The summed E-state index contributed by atoms with van der Waals surface area (Å²) in [5.41, 5.74) is 0.888. The van der Waals surface area contributed by atoms with Gasteiger partial charge in [-0.3, -0.25) is 0 Å². The smallest absolute Gasteiger partial charge is 0.134 e. The van der Waals surface area contributed by atoms with E-state index >= 15 is 0 Å². The summed E-state index contributed by atoms with van der Waals surface area (Å²) in [6, 6.07) is 9.76. The lowest BCUT2D eigenvalue weighted by atomic mass is 10.2. The van der Waals surface area contributed by atoms with Gasteiger partial charge >= 0.3 is 0 Å². The maximum Gasteiger partial charge on any atom is 0.134 e. The zero-order valence-corrected chi connectivity index (χ0v) is 11.3. The fourth-order valence-corrected chi connectivity index (χ4v) is 2.53. The SMILES string of the molecule is OCc1cccnc1N1CCN(c2ccccn2)CC1. The van der Waals surface area contributed by atoms with Gasteiger partial charge in [0.05, 0.1) is 6.61 Å². The third kappa shape index (κ3) is 2.58. The van der Waals surface area contributed by atoms with Crippen LogP contribution in [-0.4, -0.2) is 41.3 Å². The van der Waals surface area contributed by atoms with Crippen molar-refractivity contribution < 1.29 is 5.11 Å². The van der Waals surface area contributed by atoms with Crippen molar-refractivity contribution in [1.29, 1.82) is 0 Å². The molecule has 0 unspecified atom stereocenters. The molecular formula is C15H18N4O. The molecule has 1 aliphatic heterocycles. The van der Waals surface area contributed by atoms with E-state index in [1.165, 1.54) is 0 Å². The number of nitrogens with zero attached hydrogens (tertiary/aromatic N) is 4. The molecular weight excluding hydrogens is 252 g/mol. The molecule has 5 heteroatoms. The minimum Gasteiger partial charge on any atom is -0.392 e. The van der Waals surface area contributed by atoms with Crippen molar-refractivity contribution in [3.8, 4) is 0 Å². The van der Waals surface area contributed by atoms with Crippen LogP contribution in [0.3, 0.4) is 0 Å². The topological polar surface area (TPSA) is 52.5 Å². The molecule has 3 heterocycles. The maximum atomic E-state index is 9.39. The number of rotatable bonds is 3. The Kier molecular flexibility index (Phi) is 3.78. The summed E-state index contributed by atoms with van der Waals surface area (Å²) in [6.07, 6.45) is 3.60. The van der Waals surface area contributed by atoms with E-state index in [0.717, 1.165) is 43.4 Å². The van der Waals surface area contributed by atoms with E-state index in [9.17, 15) is 5.11 Å². The molecule has 0 aromatic carbocycles. The van der Waals surface area contributed by atoms with Crippen LogP contribution in [0.4, 0.5) is 11.6 Å². The summed E-state index contributed by atoms with van der Waals surface area (Å²) in [4.78, 5) is 13.3. The summed E-state index contributed by atoms with van der Waals surface area (Å²) in [6.45, 7) is 3.64. The van der Waals surface area contributed by atoms with Gasteiger partial charge in [-0.25, -0.2) is 9.97 Å². The van der Waals surface area contributed by atoms with Crippen LogP contribution in [0.25, 0.3) is 0 Å². The maximum absolute atomic E-state index is 9.39. The van der Waals surface area contributed by atoms with E-state index < -0.39 is 0 Å². The second-order valence-electron chi connectivity index (χ2n) is 4.81. The first-order valence-electron chi connectivity index (χ1n) is 6.84. The third-order valence-corrected chi connectivity index (χ3v) is 3.59. The van der Waals surface area contributed by atoms with Crippen LogP contribution < -0.4 is 9.80 Å². The molecule has 1 N–H and O–H groups in total. The highest BCUT2D eigenvalue weighted by molar-refractivity contribution is 5.49. The van der Waals surface area contributed by atoms with Crippen molar-refractivity contribution in [2.24, 2.45) is 0 Å². The summed E-state index contributed by atoms with van der Waals surface area (Å²) < 4.78 is 0. The molecule has 0 spiro atoms. The highest BCUT2D eigenvalue weighted by atomic mass is 16.3. The van der Waals surface area contributed by atoms with Gasteiger partial charge in [-0.15, -0.1) is 0 Å². The number of pyridine rings is 2. The number of aromatic nitrogens is 2. The highest BCUT2D eigenvalue weighted by Gasteiger charge is 2.20. The van der Waals surface area contributed by atoms with Crippen molar-refractivity contribution >= 4 is 11.6 Å². The van der Waals surface area contributed by atoms with E-state index in [1.54, 1.807) is 6.20 Å². The zero-order chi connectivity index (χ0) is 13.8. The molecule has 2 aromatic heterocycles. The number of hydrogen-bond acceptors (Lipinski definition) is 5. The zero-order valence-electron chi connectivity index (χ0n) is 11.3. The van der Waals surface area contributed by atoms with Gasteiger partial charge < -0.3 is 14.9 Å². The van der Waals surface area contributed by atoms with Gasteiger partial charge in [-0.2, -0.15) is 0 Å². The number of anilines is 2. The van der Waals surface area contributed by atoms with E-state index in [2.05, 4.69) is 19.8 Å². The standard InChI is InChI=1S/C15H18N4O/c20-12-13-4-3-7-17-15(13)19-10-8-18(9-11-19)14-5-1-2-6-16-14/h1-7,20H,8-12H2. The Labute approximate surface area is 118 Å². The molecule has 1 fully saturated rings. The van der Waals surface area contributed by atoms with Gasteiger partial charge in [-0.1, -0.05) is 12.1 Å². The van der Waals surface area contributed by atoms with Crippen molar-refractivity contribution in [2.75, 3.05) is 36.0 Å². The summed E-state index contributed by atoms with van der Waals surface area (Å²) in [5.74, 6) is 1.92. The molecule has 1 aliphatic rings. The van der Waals surface area contributed by atoms with Crippen LogP contribution >= 0.6 is 0 Å². The average Bonchev–Trinajstić information content (AvgIpc) is 2.56. The summed E-state index contributed by atoms with van der Waals surface area (Å²) >= 11 is 0. The Bertz CT molecular complexity index is 553. The molecule has 0 amide bonds. The van der Waals surface area contributed by atoms with E-state index in [-0.39, 0.29) is 6.61 Å². The Morgan fingerprint density at radius 3 is 2.35 bits per heavy atom. The first kappa shape index (κ1) is 12.9. The third-order valence-electron chi connectivity index (χ3n) is 3.59. The fourth-order valence-electron chi connectivity index (χ4n) is 2.53. The molecule has 0 aliphatic carbocycles. The van der Waals surface area contributed by atoms with Crippen LogP contribution in [0, 0.1) is 0 Å². The normalized spacial score (nSPS) is 15.4. The van der Waals surface area contributed by atoms with Crippen molar-refractivity contribution in [2.45, 2.75) is 6.61 Å². The number of aliphatic hydroxyl groups is 1. The van der Waals surface area contributed by atoms with Gasteiger partial charge in [0.15, 0.2) is 0 Å². The predicted molar refractivity (Wildman–Crippen MR) is 78.8 cm³/mol. The van der Waals surface area contributed by atoms with Crippen LogP contribution in [-0.2, 0) is 6.61 Å². The van der Waals surface area contributed by atoms with E-state index in [0.29, 0.717) is 0 Å². The van der Waals surface area contributed by atoms with Crippen LogP contribution in [0.15, 0.2) is 42.7 Å². The molecule has 104 valence electrons. The molecule has 5 nitrogen and oxygen atoms in total. The predicted octanol–water partition coefficient (Wildman–Crippen LogP) is 1.30. The molecule has 20 heavy (non-hydrogen) atoms. The Hall–Kier alpha value is -2.14. The van der Waals surface area contributed by atoms with Gasteiger partial charge in [0.2, 0.25) is 0 Å². The quantitative estimate of drug-likeness (QED) is 0.911. The van der Waals surface area contributed by atoms with Crippen LogP contribution in [0.2, 0.25) is 0 Å². The van der Waals surface area contributed by atoms with Gasteiger partial charge in [0.1, 0.15) is 11.6 Å². The van der Waals surface area contributed by atoms with E-state index in [4.69, 9.17) is 0 Å². The highest BCUT2D eigenvalue weighted by Crippen LogP contribution is 2.20. The van der Waals surface area contributed by atoms with Gasteiger partial charge in [-0.05, 0) is 18.2 Å². The van der Waals surface area contributed by atoms with Crippen LogP contribution in [0.5, 0.6) is 0 Å². The lowest BCUT2D eigenvalue weighted by Gasteiger charge is -2.36. The largest absolute Gasteiger partial charge is 0.392 e. The Balaban J connectivity index is 1.70. The molecule has 2 aromatic rings. The lowest BCUT2D eigenvalue weighted by Crippen LogP contribution is -2.47. The molecule has 0 saturated carbocycles. The minimum absolute atomic E-state index is 0.0314. The first-order chi connectivity index (χ1) is 9.88. The number of aliphatic hydroxyl groups excluding tert-OH is 1. The molecule has 0 bridgehead atoms. The molecule has 0 radical (unpaired) electrons. The van der Waals surface area contributed by atoms with Gasteiger partial charge in [0, 0.05) is 44.1 Å². The fraction of sp³-hybridized carbons (Fsp3) is 0.333. The van der Waals surface area contributed by atoms with Crippen molar-refractivity contribution in [1.82, 2.24) is 9.97 Å². The Morgan fingerprint density at radius 2 is 1.65 bits per heavy atom. The second kappa shape index (κ2) is 5.88. The molecule has 1 saturated heterocycles. The van der Waals surface area contributed by atoms with Gasteiger partial charge in [0.25, 0.3) is 0 Å². The molecule has 0 atom stereocenters. The van der Waals surface area contributed by atoms with Crippen molar-refractivity contribution in [3.05, 3.63) is 48.3 Å². The number of hydrogen-bond donors (Lipinski definition) is 1. The minimum atomic E-state index is 0.0314. The van der Waals surface area contributed by atoms with E-state index in [1.807, 2.05) is 36.5 Å². The summed E-state index contributed by atoms with van der Waals surface area (Å²) in [7, 11) is 0. The summed E-state index contributed by atoms with van der Waals surface area (Å²) in [5, 5.41) is 9.39. The van der Waals surface area contributed by atoms with Crippen molar-refractivity contribution in [3.63, 3.8) is 0 Å². The lowest BCUT2D eigenvalue weighted by molar-refractivity contribution is 0.281. The van der Waals surface area contributed by atoms with Crippen LogP contribution in [0.1, 0.15) is 5.56 Å². The molecule has 3 rings (SSSR count). The monoisotopic (exact) mass is 270 g/mol. The first-order valence-corrected chi connectivity index (χ1v) is 6.84. The average molecular weight is 270 g/mol. The number of piperazine rings is 1. The second-order valence-corrected chi connectivity index (χ2v) is 4.81. The Morgan fingerprint density at radius 1 is 0.900 bits per heavy atom.